The quantitative estimate of drug-likeness (QED) is 0.489. The van der Waals surface area contributed by atoms with E-state index < -0.39 is 0 Å². The van der Waals surface area contributed by atoms with Gasteiger partial charge in [-0.15, -0.1) is 0 Å². The van der Waals surface area contributed by atoms with Crippen LogP contribution < -0.4 is 0 Å². The second-order valence-electron chi connectivity index (χ2n) is 2.74. The molecule has 2 rings (SSSR count). The molecule has 0 aromatic rings. The van der Waals surface area contributed by atoms with Gasteiger partial charge in [0, 0.05) is 17.9 Å². The van der Waals surface area contributed by atoms with Crippen molar-refractivity contribution in [2.75, 3.05) is 6.54 Å². The van der Waals surface area contributed by atoms with Crippen LogP contribution in [0, 0.1) is 0 Å². The summed E-state index contributed by atoms with van der Waals surface area (Å²) in [6, 6.07) is 0. The summed E-state index contributed by atoms with van der Waals surface area (Å²) in [5, 5.41) is 0. The summed E-state index contributed by atoms with van der Waals surface area (Å²) in [6.45, 7) is 3.32. The van der Waals surface area contributed by atoms with Gasteiger partial charge in [0.25, 0.3) is 0 Å². The number of fused-ring (bicyclic) bond motifs is 1. The van der Waals surface area contributed by atoms with Crippen molar-refractivity contribution in [1.29, 1.82) is 0 Å². The van der Waals surface area contributed by atoms with Gasteiger partial charge >= 0.3 is 0 Å². The molecule has 10 heavy (non-hydrogen) atoms. The first-order valence-electron chi connectivity index (χ1n) is 3.70. The third-order valence-electron chi connectivity index (χ3n) is 2.05. The average molecular weight is 133 g/mol. The first-order valence-corrected chi connectivity index (χ1v) is 3.70. The van der Waals surface area contributed by atoms with Gasteiger partial charge in [0.15, 0.2) is 0 Å². The Bertz CT molecular complexity index is 233. The van der Waals surface area contributed by atoms with Gasteiger partial charge in [-0.1, -0.05) is 12.2 Å². The number of hydrogen-bond donors (Lipinski definition) is 0. The van der Waals surface area contributed by atoms with E-state index in [0.29, 0.717) is 0 Å². The fourth-order valence-corrected chi connectivity index (χ4v) is 1.49. The highest BCUT2D eigenvalue weighted by molar-refractivity contribution is 5.33. The Kier molecular flexibility index (Phi) is 1.16. The summed E-state index contributed by atoms with van der Waals surface area (Å²) in [5.41, 5.74) is 2.74. The van der Waals surface area contributed by atoms with Gasteiger partial charge in [-0.25, -0.2) is 0 Å². The van der Waals surface area contributed by atoms with Gasteiger partial charge in [0.05, 0.1) is 0 Å². The van der Waals surface area contributed by atoms with Crippen LogP contribution in [0.5, 0.6) is 0 Å². The van der Waals surface area contributed by atoms with Crippen LogP contribution in [-0.4, -0.2) is 11.4 Å². The molecule has 2 aliphatic heterocycles. The first-order chi connectivity index (χ1) is 4.88. The average Bonchev–Trinajstić information content (AvgIpc) is 2.36. The molecular weight excluding hydrogens is 122 g/mol. The largest absolute Gasteiger partial charge is 0.345 e. The highest BCUT2D eigenvalue weighted by Crippen LogP contribution is 2.24. The fourth-order valence-electron chi connectivity index (χ4n) is 1.49. The second kappa shape index (κ2) is 2.01. The minimum absolute atomic E-state index is 1.17. The molecule has 0 saturated carbocycles. The molecular formula is C9H11N. The van der Waals surface area contributed by atoms with Crippen LogP contribution in [-0.2, 0) is 0 Å². The van der Waals surface area contributed by atoms with E-state index in [2.05, 4.69) is 36.1 Å². The van der Waals surface area contributed by atoms with Gasteiger partial charge in [0.2, 0.25) is 0 Å². The molecule has 0 spiro atoms. The maximum Gasteiger partial charge on any atom is 0.0368 e. The van der Waals surface area contributed by atoms with E-state index in [1.807, 2.05) is 0 Å². The molecule has 0 saturated heterocycles. The number of allylic oxidation sites excluding steroid dienone is 4. The Morgan fingerprint density at radius 2 is 2.40 bits per heavy atom. The lowest BCUT2D eigenvalue weighted by molar-refractivity contribution is 0.476. The van der Waals surface area contributed by atoms with Crippen LogP contribution in [0.4, 0.5) is 0 Å². The minimum atomic E-state index is 1.17. The molecule has 0 N–H and O–H groups in total. The van der Waals surface area contributed by atoms with Crippen molar-refractivity contribution in [3.63, 3.8) is 0 Å². The normalized spacial score (nSPS) is 22.3. The Morgan fingerprint density at radius 1 is 1.50 bits per heavy atom. The summed E-state index contributed by atoms with van der Waals surface area (Å²) in [7, 11) is 0. The lowest BCUT2D eigenvalue weighted by Gasteiger charge is -2.23. The molecule has 1 nitrogen and oxygen atoms in total. The van der Waals surface area contributed by atoms with Gasteiger partial charge in [-0.2, -0.15) is 0 Å². The van der Waals surface area contributed by atoms with Crippen LogP contribution in [0.3, 0.4) is 0 Å². The zero-order chi connectivity index (χ0) is 6.97. The fraction of sp³-hybridized carbons (Fsp3) is 0.333. The van der Waals surface area contributed by atoms with Gasteiger partial charge in [-0.05, 0) is 25.5 Å². The monoisotopic (exact) mass is 133 g/mol. The molecule has 0 fully saturated rings. The van der Waals surface area contributed by atoms with Crippen LogP contribution in [0.15, 0.2) is 35.7 Å². The van der Waals surface area contributed by atoms with Crippen molar-refractivity contribution in [2.24, 2.45) is 0 Å². The molecule has 0 bridgehead atoms. The predicted molar refractivity (Wildman–Crippen MR) is 42.3 cm³/mol. The molecule has 0 radical (unpaired) electrons. The third kappa shape index (κ3) is 0.703. The van der Waals surface area contributed by atoms with E-state index in [4.69, 9.17) is 0 Å². The summed E-state index contributed by atoms with van der Waals surface area (Å²) in [4.78, 5) is 2.35. The molecule has 0 unspecified atom stereocenters. The summed E-state index contributed by atoms with van der Waals surface area (Å²) in [5.74, 6) is 0. The summed E-state index contributed by atoms with van der Waals surface area (Å²) < 4.78 is 0. The lowest BCUT2D eigenvalue weighted by Crippen LogP contribution is -2.17. The van der Waals surface area contributed by atoms with Crippen molar-refractivity contribution >= 4 is 0 Å². The van der Waals surface area contributed by atoms with Crippen molar-refractivity contribution in [3.8, 4) is 0 Å². The topological polar surface area (TPSA) is 3.24 Å². The molecule has 0 aromatic heterocycles. The second-order valence-corrected chi connectivity index (χ2v) is 2.74. The number of rotatable bonds is 0. The van der Waals surface area contributed by atoms with E-state index in [1.165, 1.54) is 24.4 Å². The number of hydrogen-bond acceptors (Lipinski definition) is 1. The Balaban J connectivity index is 2.36. The minimum Gasteiger partial charge on any atom is -0.345 e. The maximum atomic E-state index is 2.35. The van der Waals surface area contributed by atoms with E-state index in [0.717, 1.165) is 0 Å². The predicted octanol–water partition coefficient (Wildman–Crippen LogP) is 2.05. The van der Waals surface area contributed by atoms with Crippen molar-refractivity contribution in [3.05, 3.63) is 35.7 Å². The van der Waals surface area contributed by atoms with E-state index in [-0.39, 0.29) is 0 Å². The highest BCUT2D eigenvalue weighted by atomic mass is 15.2. The summed E-state index contributed by atoms with van der Waals surface area (Å²) >= 11 is 0. The molecule has 0 amide bonds. The Morgan fingerprint density at radius 3 is 3.20 bits per heavy atom. The Labute approximate surface area is 61.3 Å². The van der Waals surface area contributed by atoms with Crippen molar-refractivity contribution in [2.45, 2.75) is 13.3 Å². The zero-order valence-corrected chi connectivity index (χ0v) is 6.17. The zero-order valence-electron chi connectivity index (χ0n) is 6.17. The van der Waals surface area contributed by atoms with Crippen LogP contribution >= 0.6 is 0 Å². The third-order valence-corrected chi connectivity index (χ3v) is 2.05. The van der Waals surface area contributed by atoms with Gasteiger partial charge < -0.3 is 4.90 Å². The SMILES string of the molecule is CC1=CC=CC2=CCCN12. The van der Waals surface area contributed by atoms with Crippen molar-refractivity contribution in [1.82, 2.24) is 4.90 Å². The van der Waals surface area contributed by atoms with Gasteiger partial charge in [-0.3, -0.25) is 0 Å². The van der Waals surface area contributed by atoms with E-state index in [9.17, 15) is 0 Å². The van der Waals surface area contributed by atoms with Crippen molar-refractivity contribution < 1.29 is 0 Å². The first kappa shape index (κ1) is 5.78. The lowest BCUT2D eigenvalue weighted by atomic mass is 10.2. The number of nitrogens with zero attached hydrogens (tertiary/aromatic N) is 1. The molecule has 0 atom stereocenters. The molecule has 1 heteroatoms. The molecule has 0 aliphatic carbocycles. The molecule has 52 valence electrons. The summed E-state index contributed by atoms with van der Waals surface area (Å²) in [6.07, 6.45) is 9.92. The maximum absolute atomic E-state index is 2.35. The molecule has 2 heterocycles. The standard InChI is InChI=1S/C9H11N/c1-8-4-2-5-9-6-3-7-10(8)9/h2,4-6H,3,7H2,1H3. The van der Waals surface area contributed by atoms with Crippen LogP contribution in [0.2, 0.25) is 0 Å². The molecule has 0 aromatic carbocycles. The van der Waals surface area contributed by atoms with E-state index in [1.54, 1.807) is 0 Å². The van der Waals surface area contributed by atoms with E-state index >= 15 is 0 Å². The Hall–Kier alpha value is -0.980. The smallest absolute Gasteiger partial charge is 0.0368 e. The highest BCUT2D eigenvalue weighted by Gasteiger charge is 2.15. The van der Waals surface area contributed by atoms with Gasteiger partial charge in [0.1, 0.15) is 0 Å². The van der Waals surface area contributed by atoms with Crippen LogP contribution in [0.1, 0.15) is 13.3 Å². The van der Waals surface area contributed by atoms with Crippen LogP contribution in [0.25, 0.3) is 0 Å². The molecule has 2 aliphatic rings.